The molecule has 0 rings (SSSR count). The second kappa shape index (κ2) is 3.24. The Bertz CT molecular complexity index is 130. The Morgan fingerprint density at radius 2 is 2.00 bits per heavy atom. The topological polar surface area (TPSA) is 26.3 Å². The maximum absolute atomic E-state index is 10.5. The highest BCUT2D eigenvalue weighted by molar-refractivity contribution is 6.21. The van der Waals surface area contributed by atoms with Gasteiger partial charge in [0.15, 0.2) is 0 Å². The summed E-state index contributed by atoms with van der Waals surface area (Å²) in [6.45, 7) is 6.74. The van der Waals surface area contributed by atoms with E-state index >= 15 is 0 Å². The molecule has 0 radical (unpaired) electrons. The molecule has 10 heavy (non-hydrogen) atoms. The lowest BCUT2D eigenvalue weighted by Gasteiger charge is -2.26. The fraction of sp³-hybridized carbons (Fsp3) is 0.857. The lowest BCUT2D eigenvalue weighted by Crippen LogP contribution is -2.35. The van der Waals surface area contributed by atoms with Crippen LogP contribution in [-0.4, -0.2) is 16.9 Å². The van der Waals surface area contributed by atoms with Gasteiger partial charge in [-0.1, -0.05) is 0 Å². The minimum absolute atomic E-state index is 0.170. The van der Waals surface area contributed by atoms with E-state index in [9.17, 15) is 4.79 Å². The average Bonchev–Trinajstić information content (AvgIpc) is 1.60. The Morgan fingerprint density at radius 1 is 1.60 bits per heavy atom. The van der Waals surface area contributed by atoms with Gasteiger partial charge in [0.25, 0.3) is 0 Å². The Labute approximate surface area is 66.5 Å². The third-order valence-corrected chi connectivity index (χ3v) is 1.89. The van der Waals surface area contributed by atoms with E-state index < -0.39 is 5.60 Å². The molecular weight excluding hydrogens is 152 g/mol. The monoisotopic (exact) mass is 164 g/mol. The minimum atomic E-state index is -0.562. The smallest absolute Gasteiger partial charge is 0.303 e. The Morgan fingerprint density at radius 3 is 2.10 bits per heavy atom. The van der Waals surface area contributed by atoms with Crippen molar-refractivity contribution in [3.8, 4) is 0 Å². The molecule has 0 amide bonds. The molecule has 60 valence electrons. The molecule has 0 heterocycles. The SMILES string of the molecule is CC(=O)OC(C)(C)C(C)Cl. The molecule has 2 nitrogen and oxygen atoms in total. The molecule has 1 unspecified atom stereocenters. The molecule has 0 saturated carbocycles. The van der Waals surface area contributed by atoms with E-state index in [0.717, 1.165) is 0 Å². The molecular formula is C7H13ClO2. The van der Waals surface area contributed by atoms with Crippen molar-refractivity contribution < 1.29 is 9.53 Å². The first kappa shape index (κ1) is 9.76. The first-order valence-corrected chi connectivity index (χ1v) is 3.63. The van der Waals surface area contributed by atoms with Gasteiger partial charge in [0.05, 0.1) is 5.38 Å². The zero-order valence-electron chi connectivity index (χ0n) is 6.77. The van der Waals surface area contributed by atoms with Crippen molar-refractivity contribution in [2.45, 2.75) is 38.7 Å². The van der Waals surface area contributed by atoms with Crippen LogP contribution in [0.3, 0.4) is 0 Å². The number of carbonyl (C=O) groups excluding carboxylic acids is 1. The van der Waals surface area contributed by atoms with Crippen molar-refractivity contribution in [1.82, 2.24) is 0 Å². The number of halogens is 1. The van der Waals surface area contributed by atoms with Crippen LogP contribution in [0.4, 0.5) is 0 Å². The summed E-state index contributed by atoms with van der Waals surface area (Å²) in [7, 11) is 0. The largest absolute Gasteiger partial charge is 0.458 e. The van der Waals surface area contributed by atoms with Gasteiger partial charge in [0.2, 0.25) is 0 Å². The van der Waals surface area contributed by atoms with Crippen molar-refractivity contribution in [1.29, 1.82) is 0 Å². The Hall–Kier alpha value is -0.240. The second-order valence-corrected chi connectivity index (χ2v) is 3.47. The van der Waals surface area contributed by atoms with Gasteiger partial charge in [-0.2, -0.15) is 0 Å². The summed E-state index contributed by atoms with van der Waals surface area (Å²) in [5.41, 5.74) is -0.562. The number of hydrogen-bond acceptors (Lipinski definition) is 2. The maximum atomic E-state index is 10.5. The van der Waals surface area contributed by atoms with Crippen LogP contribution in [0.25, 0.3) is 0 Å². The average molecular weight is 165 g/mol. The van der Waals surface area contributed by atoms with Crippen LogP contribution < -0.4 is 0 Å². The van der Waals surface area contributed by atoms with Gasteiger partial charge in [-0.05, 0) is 20.8 Å². The molecule has 0 aliphatic rings. The highest BCUT2D eigenvalue weighted by Crippen LogP contribution is 2.19. The van der Waals surface area contributed by atoms with Gasteiger partial charge in [0.1, 0.15) is 5.60 Å². The lowest BCUT2D eigenvalue weighted by molar-refractivity contribution is -0.153. The zero-order valence-corrected chi connectivity index (χ0v) is 7.53. The first-order chi connectivity index (χ1) is 4.36. The number of rotatable bonds is 2. The number of hydrogen-bond donors (Lipinski definition) is 0. The predicted molar refractivity (Wildman–Crippen MR) is 41.2 cm³/mol. The number of carbonyl (C=O) groups is 1. The molecule has 0 aromatic rings. The van der Waals surface area contributed by atoms with Gasteiger partial charge >= 0.3 is 5.97 Å². The number of ether oxygens (including phenoxy) is 1. The highest BCUT2D eigenvalue weighted by Gasteiger charge is 2.26. The molecule has 0 fully saturated rings. The van der Waals surface area contributed by atoms with E-state index in [1.807, 2.05) is 0 Å². The van der Waals surface area contributed by atoms with Crippen LogP contribution in [0.1, 0.15) is 27.7 Å². The van der Waals surface area contributed by atoms with Crippen molar-refractivity contribution >= 4 is 17.6 Å². The molecule has 3 heteroatoms. The summed E-state index contributed by atoms with van der Waals surface area (Å²) in [6, 6.07) is 0. The molecule has 0 aromatic carbocycles. The van der Waals surface area contributed by atoms with Gasteiger partial charge < -0.3 is 4.74 Å². The minimum Gasteiger partial charge on any atom is -0.458 e. The van der Waals surface area contributed by atoms with Crippen LogP contribution in [-0.2, 0) is 9.53 Å². The van der Waals surface area contributed by atoms with Gasteiger partial charge in [-0.15, -0.1) is 11.6 Å². The normalized spacial score (nSPS) is 14.5. The second-order valence-electron chi connectivity index (χ2n) is 2.81. The van der Waals surface area contributed by atoms with Crippen LogP contribution in [0.15, 0.2) is 0 Å². The van der Waals surface area contributed by atoms with Gasteiger partial charge in [0, 0.05) is 6.92 Å². The molecule has 0 saturated heterocycles. The fourth-order valence-corrected chi connectivity index (χ4v) is 0.496. The zero-order chi connectivity index (χ0) is 8.36. The summed E-state index contributed by atoms with van der Waals surface area (Å²) >= 11 is 5.74. The van der Waals surface area contributed by atoms with Crippen LogP contribution in [0, 0.1) is 0 Å². The fourth-order valence-electron chi connectivity index (χ4n) is 0.452. The molecule has 0 aliphatic carbocycles. The van der Waals surface area contributed by atoms with Crippen LogP contribution in [0.2, 0.25) is 0 Å². The molecule has 0 bridgehead atoms. The summed E-state index contributed by atoms with van der Waals surface area (Å²) < 4.78 is 4.93. The summed E-state index contributed by atoms with van der Waals surface area (Å²) in [5.74, 6) is -0.294. The number of alkyl halides is 1. The first-order valence-electron chi connectivity index (χ1n) is 3.20. The summed E-state index contributed by atoms with van der Waals surface area (Å²) in [5, 5.41) is -0.170. The molecule has 0 spiro atoms. The lowest BCUT2D eigenvalue weighted by atomic mass is 10.1. The Balaban J connectivity index is 3.99. The number of esters is 1. The Kier molecular flexibility index (Phi) is 3.16. The van der Waals surface area contributed by atoms with E-state index in [2.05, 4.69) is 0 Å². The predicted octanol–water partition coefficient (Wildman–Crippen LogP) is 1.96. The standard InChI is InChI=1S/C7H13ClO2/c1-5(8)7(3,4)10-6(2)9/h5H,1-4H3. The molecule has 0 aliphatic heterocycles. The van der Waals surface area contributed by atoms with Crippen molar-refractivity contribution in [2.75, 3.05) is 0 Å². The van der Waals surface area contributed by atoms with Crippen LogP contribution >= 0.6 is 11.6 Å². The van der Waals surface area contributed by atoms with E-state index in [1.165, 1.54) is 6.92 Å². The van der Waals surface area contributed by atoms with E-state index in [-0.39, 0.29) is 11.3 Å². The van der Waals surface area contributed by atoms with Crippen LogP contribution in [0.5, 0.6) is 0 Å². The van der Waals surface area contributed by atoms with Crippen molar-refractivity contribution in [2.24, 2.45) is 0 Å². The quantitative estimate of drug-likeness (QED) is 0.461. The molecule has 0 N–H and O–H groups in total. The third-order valence-electron chi connectivity index (χ3n) is 1.36. The summed E-state index contributed by atoms with van der Waals surface area (Å²) in [4.78, 5) is 10.5. The highest BCUT2D eigenvalue weighted by atomic mass is 35.5. The van der Waals surface area contributed by atoms with Crippen molar-refractivity contribution in [3.63, 3.8) is 0 Å². The van der Waals surface area contributed by atoms with Crippen molar-refractivity contribution in [3.05, 3.63) is 0 Å². The van der Waals surface area contributed by atoms with Gasteiger partial charge in [-0.25, -0.2) is 0 Å². The maximum Gasteiger partial charge on any atom is 0.303 e. The summed E-state index contributed by atoms with van der Waals surface area (Å²) in [6.07, 6.45) is 0. The van der Waals surface area contributed by atoms with E-state index in [4.69, 9.17) is 16.3 Å². The third kappa shape index (κ3) is 3.06. The molecule has 1 atom stereocenters. The molecule has 0 aromatic heterocycles. The van der Waals surface area contributed by atoms with E-state index in [1.54, 1.807) is 20.8 Å². The van der Waals surface area contributed by atoms with E-state index in [0.29, 0.717) is 0 Å². The van der Waals surface area contributed by atoms with Gasteiger partial charge in [-0.3, -0.25) is 4.79 Å².